The predicted octanol–water partition coefficient (Wildman–Crippen LogP) is 3.91. The van der Waals surface area contributed by atoms with Crippen molar-refractivity contribution in [1.82, 2.24) is 5.32 Å². The van der Waals surface area contributed by atoms with Crippen molar-refractivity contribution in [3.63, 3.8) is 0 Å². The summed E-state index contributed by atoms with van der Waals surface area (Å²) in [5.74, 6) is -0.171. The second kappa shape index (κ2) is 5.49. The summed E-state index contributed by atoms with van der Waals surface area (Å²) in [5.41, 5.74) is 1.63. The molecule has 2 rings (SSSR count). The van der Waals surface area contributed by atoms with Gasteiger partial charge in [0.15, 0.2) is 0 Å². The Morgan fingerprint density at radius 2 is 2.18 bits per heavy atom. The minimum absolute atomic E-state index is 0.171. The number of rotatable bonds is 5. The molecule has 1 fully saturated rings. The van der Waals surface area contributed by atoms with E-state index in [0.29, 0.717) is 5.41 Å². The Bertz CT molecular complexity index is 388. The molecule has 1 aliphatic rings. The van der Waals surface area contributed by atoms with Crippen molar-refractivity contribution in [1.29, 1.82) is 0 Å². The first-order chi connectivity index (χ1) is 8.15. The van der Waals surface area contributed by atoms with Crippen LogP contribution >= 0.6 is 15.9 Å². The van der Waals surface area contributed by atoms with Crippen LogP contribution in [0.15, 0.2) is 22.7 Å². The molecule has 1 N–H and O–H groups in total. The van der Waals surface area contributed by atoms with Crippen LogP contribution in [0.1, 0.15) is 31.7 Å². The van der Waals surface area contributed by atoms with E-state index in [4.69, 9.17) is 0 Å². The van der Waals surface area contributed by atoms with E-state index in [0.717, 1.165) is 24.0 Å². The first kappa shape index (κ1) is 13.0. The van der Waals surface area contributed by atoms with Gasteiger partial charge in [0.1, 0.15) is 5.82 Å². The first-order valence-electron chi connectivity index (χ1n) is 6.30. The standard InChI is InChI=1S/C14H19BrFN/c1-2-17-10-14(6-3-7-14)9-11-4-5-12(16)8-13(11)15/h4-5,8,17H,2-3,6-7,9-10H2,1H3. The molecule has 0 radical (unpaired) electrons. The third-order valence-corrected chi connectivity index (χ3v) is 4.48. The molecule has 1 saturated carbocycles. The van der Waals surface area contributed by atoms with Crippen LogP contribution in [0.25, 0.3) is 0 Å². The lowest BCUT2D eigenvalue weighted by molar-refractivity contribution is 0.131. The fraction of sp³-hybridized carbons (Fsp3) is 0.571. The van der Waals surface area contributed by atoms with Gasteiger partial charge in [-0.25, -0.2) is 4.39 Å². The molecule has 0 bridgehead atoms. The van der Waals surface area contributed by atoms with E-state index in [1.165, 1.54) is 24.8 Å². The SMILES string of the molecule is CCNCC1(Cc2ccc(F)cc2Br)CCC1. The third kappa shape index (κ3) is 3.08. The molecule has 1 aromatic carbocycles. The van der Waals surface area contributed by atoms with Crippen LogP contribution < -0.4 is 5.32 Å². The van der Waals surface area contributed by atoms with Crippen LogP contribution in [-0.4, -0.2) is 13.1 Å². The van der Waals surface area contributed by atoms with Gasteiger partial charge in [-0.1, -0.05) is 35.3 Å². The van der Waals surface area contributed by atoms with Crippen molar-refractivity contribution < 1.29 is 4.39 Å². The fourth-order valence-corrected chi connectivity index (χ4v) is 3.04. The first-order valence-corrected chi connectivity index (χ1v) is 7.09. The third-order valence-electron chi connectivity index (χ3n) is 3.74. The van der Waals surface area contributed by atoms with E-state index < -0.39 is 0 Å². The fourth-order valence-electron chi connectivity index (χ4n) is 2.55. The molecule has 0 aliphatic heterocycles. The molecular weight excluding hydrogens is 281 g/mol. The zero-order chi connectivity index (χ0) is 12.3. The number of benzene rings is 1. The van der Waals surface area contributed by atoms with Crippen molar-refractivity contribution in [2.75, 3.05) is 13.1 Å². The second-order valence-corrected chi connectivity index (χ2v) is 5.90. The van der Waals surface area contributed by atoms with Crippen molar-refractivity contribution in [2.24, 2.45) is 5.41 Å². The lowest BCUT2D eigenvalue weighted by Crippen LogP contribution is -2.41. The average Bonchev–Trinajstić information content (AvgIpc) is 2.25. The van der Waals surface area contributed by atoms with Crippen molar-refractivity contribution in [3.05, 3.63) is 34.1 Å². The number of halogens is 2. The monoisotopic (exact) mass is 299 g/mol. The lowest BCUT2D eigenvalue weighted by Gasteiger charge is -2.42. The molecule has 3 heteroatoms. The van der Waals surface area contributed by atoms with Crippen molar-refractivity contribution in [3.8, 4) is 0 Å². The summed E-state index contributed by atoms with van der Waals surface area (Å²) >= 11 is 3.46. The molecule has 94 valence electrons. The highest BCUT2D eigenvalue weighted by molar-refractivity contribution is 9.10. The van der Waals surface area contributed by atoms with Gasteiger partial charge >= 0.3 is 0 Å². The Labute approximate surface area is 111 Å². The minimum Gasteiger partial charge on any atom is -0.316 e. The summed E-state index contributed by atoms with van der Waals surface area (Å²) in [6.07, 6.45) is 4.93. The normalized spacial score (nSPS) is 17.8. The second-order valence-electron chi connectivity index (χ2n) is 5.05. The van der Waals surface area contributed by atoms with Gasteiger partial charge in [-0.05, 0) is 48.9 Å². The molecular formula is C14H19BrFN. The van der Waals surface area contributed by atoms with Gasteiger partial charge in [-0.2, -0.15) is 0 Å². The van der Waals surface area contributed by atoms with Crippen LogP contribution in [-0.2, 0) is 6.42 Å². The van der Waals surface area contributed by atoms with E-state index >= 15 is 0 Å². The highest BCUT2D eigenvalue weighted by Crippen LogP contribution is 2.44. The van der Waals surface area contributed by atoms with Crippen LogP contribution in [0.3, 0.4) is 0 Å². The molecule has 17 heavy (non-hydrogen) atoms. The van der Waals surface area contributed by atoms with E-state index in [1.807, 2.05) is 6.07 Å². The molecule has 1 aromatic rings. The van der Waals surface area contributed by atoms with Gasteiger partial charge in [0.2, 0.25) is 0 Å². The Balaban J connectivity index is 2.07. The van der Waals surface area contributed by atoms with Gasteiger partial charge in [0, 0.05) is 11.0 Å². The Morgan fingerprint density at radius 1 is 1.41 bits per heavy atom. The van der Waals surface area contributed by atoms with Gasteiger partial charge < -0.3 is 5.32 Å². The molecule has 0 heterocycles. The van der Waals surface area contributed by atoms with Crippen LogP contribution in [0.5, 0.6) is 0 Å². The topological polar surface area (TPSA) is 12.0 Å². The minimum atomic E-state index is -0.171. The maximum Gasteiger partial charge on any atom is 0.124 e. The molecule has 1 aliphatic carbocycles. The molecule has 0 aromatic heterocycles. The van der Waals surface area contributed by atoms with Crippen molar-refractivity contribution in [2.45, 2.75) is 32.6 Å². The highest BCUT2D eigenvalue weighted by Gasteiger charge is 2.36. The quantitative estimate of drug-likeness (QED) is 0.869. The zero-order valence-electron chi connectivity index (χ0n) is 10.2. The number of hydrogen-bond acceptors (Lipinski definition) is 1. The van der Waals surface area contributed by atoms with E-state index in [-0.39, 0.29) is 5.82 Å². The Hall–Kier alpha value is -0.410. The van der Waals surface area contributed by atoms with Crippen molar-refractivity contribution >= 4 is 15.9 Å². The molecule has 1 nitrogen and oxygen atoms in total. The largest absolute Gasteiger partial charge is 0.316 e. The summed E-state index contributed by atoms with van der Waals surface area (Å²) < 4.78 is 13.9. The number of hydrogen-bond donors (Lipinski definition) is 1. The molecule has 0 spiro atoms. The van der Waals surface area contributed by atoms with E-state index in [2.05, 4.69) is 28.2 Å². The van der Waals surface area contributed by atoms with Gasteiger partial charge in [-0.15, -0.1) is 0 Å². The van der Waals surface area contributed by atoms with Gasteiger partial charge in [-0.3, -0.25) is 0 Å². The summed E-state index contributed by atoms with van der Waals surface area (Å²) in [7, 11) is 0. The van der Waals surface area contributed by atoms with E-state index in [1.54, 1.807) is 12.1 Å². The summed E-state index contributed by atoms with van der Waals surface area (Å²) in [6.45, 7) is 4.24. The highest BCUT2D eigenvalue weighted by atomic mass is 79.9. The smallest absolute Gasteiger partial charge is 0.124 e. The molecule has 0 atom stereocenters. The maximum atomic E-state index is 13.0. The molecule has 0 unspecified atom stereocenters. The predicted molar refractivity (Wildman–Crippen MR) is 72.6 cm³/mol. The van der Waals surface area contributed by atoms with Gasteiger partial charge in [0.05, 0.1) is 0 Å². The maximum absolute atomic E-state index is 13.0. The average molecular weight is 300 g/mol. The Kier molecular flexibility index (Phi) is 4.21. The zero-order valence-corrected chi connectivity index (χ0v) is 11.8. The van der Waals surface area contributed by atoms with Crippen LogP contribution in [0.4, 0.5) is 4.39 Å². The number of nitrogens with one attached hydrogen (secondary N) is 1. The van der Waals surface area contributed by atoms with Crippen LogP contribution in [0, 0.1) is 11.2 Å². The van der Waals surface area contributed by atoms with E-state index in [9.17, 15) is 4.39 Å². The summed E-state index contributed by atoms with van der Waals surface area (Å²) in [6, 6.07) is 5.03. The summed E-state index contributed by atoms with van der Waals surface area (Å²) in [5, 5.41) is 3.45. The molecule has 0 saturated heterocycles. The van der Waals surface area contributed by atoms with Gasteiger partial charge in [0.25, 0.3) is 0 Å². The van der Waals surface area contributed by atoms with Crippen LogP contribution in [0.2, 0.25) is 0 Å². The summed E-state index contributed by atoms with van der Waals surface area (Å²) in [4.78, 5) is 0. The lowest BCUT2D eigenvalue weighted by atomic mass is 9.65. The Morgan fingerprint density at radius 3 is 2.71 bits per heavy atom. The molecule has 0 amide bonds.